The molecule has 0 fully saturated rings. The first kappa shape index (κ1) is 25.6. The lowest BCUT2D eigenvalue weighted by Crippen LogP contribution is -2.43. The molecule has 3 aromatic carbocycles. The number of ether oxygens (including phenoxy) is 1. The summed E-state index contributed by atoms with van der Waals surface area (Å²) < 4.78 is 5.72. The quantitative estimate of drug-likeness (QED) is 0.313. The second kappa shape index (κ2) is 11.1. The van der Waals surface area contributed by atoms with Crippen LogP contribution in [0.15, 0.2) is 72.8 Å². The molecule has 0 atom stereocenters. The highest BCUT2D eigenvalue weighted by atomic mass is 16.5. The Hall–Kier alpha value is -4.46. The van der Waals surface area contributed by atoms with Gasteiger partial charge in [-0.15, -0.1) is 0 Å². The van der Waals surface area contributed by atoms with Crippen LogP contribution in [0.4, 0.5) is 11.5 Å². The maximum absolute atomic E-state index is 12.2. The SMILES string of the molecule is CCNC(=O)c1ccc(Nc2nc(-c3cccc(OCC(=O)NC(C)(C)C)c3)nc3ccccc23)cc1. The first-order valence-corrected chi connectivity index (χ1v) is 12.2. The number of anilines is 2. The molecule has 2 amide bonds. The average Bonchev–Trinajstić information content (AvgIpc) is 2.87. The van der Waals surface area contributed by atoms with Gasteiger partial charge in [-0.25, -0.2) is 9.97 Å². The molecular formula is C29H31N5O3. The minimum Gasteiger partial charge on any atom is -0.484 e. The maximum Gasteiger partial charge on any atom is 0.258 e. The van der Waals surface area contributed by atoms with Crippen molar-refractivity contribution < 1.29 is 14.3 Å². The fourth-order valence-corrected chi connectivity index (χ4v) is 3.73. The number of carbonyl (C=O) groups is 2. The summed E-state index contributed by atoms with van der Waals surface area (Å²) in [5.41, 5.74) is 2.60. The Morgan fingerprint density at radius 1 is 0.919 bits per heavy atom. The number of nitrogens with zero attached hydrogens (tertiary/aromatic N) is 2. The number of aromatic nitrogens is 2. The Bertz CT molecular complexity index is 1410. The smallest absolute Gasteiger partial charge is 0.258 e. The zero-order chi connectivity index (χ0) is 26.4. The van der Waals surface area contributed by atoms with Crippen LogP contribution in [-0.4, -0.2) is 40.5 Å². The molecule has 0 saturated carbocycles. The van der Waals surface area contributed by atoms with Crippen molar-refractivity contribution in [2.75, 3.05) is 18.5 Å². The maximum atomic E-state index is 12.2. The van der Waals surface area contributed by atoms with Crippen LogP contribution in [0.2, 0.25) is 0 Å². The van der Waals surface area contributed by atoms with Crippen molar-refractivity contribution in [3.63, 3.8) is 0 Å². The zero-order valence-electron chi connectivity index (χ0n) is 21.5. The predicted octanol–water partition coefficient (Wildman–Crippen LogP) is 5.08. The summed E-state index contributed by atoms with van der Waals surface area (Å²) in [5, 5.41) is 9.91. The van der Waals surface area contributed by atoms with Crippen LogP contribution in [0.25, 0.3) is 22.3 Å². The van der Waals surface area contributed by atoms with Crippen LogP contribution in [-0.2, 0) is 4.79 Å². The molecule has 0 unspecified atom stereocenters. The second-order valence-electron chi connectivity index (χ2n) is 9.59. The van der Waals surface area contributed by atoms with Crippen molar-refractivity contribution in [2.24, 2.45) is 0 Å². The fourth-order valence-electron chi connectivity index (χ4n) is 3.73. The van der Waals surface area contributed by atoms with Gasteiger partial charge in [-0.1, -0.05) is 24.3 Å². The van der Waals surface area contributed by atoms with E-state index in [2.05, 4.69) is 16.0 Å². The summed E-state index contributed by atoms with van der Waals surface area (Å²) in [6, 6.07) is 22.3. The molecule has 0 saturated heterocycles. The summed E-state index contributed by atoms with van der Waals surface area (Å²) in [5.74, 6) is 1.41. The van der Waals surface area contributed by atoms with E-state index in [4.69, 9.17) is 14.7 Å². The summed E-state index contributed by atoms with van der Waals surface area (Å²) in [6.45, 7) is 8.14. The van der Waals surface area contributed by atoms with Gasteiger partial charge in [-0.05, 0) is 76.2 Å². The third kappa shape index (κ3) is 6.82. The highest BCUT2D eigenvalue weighted by Gasteiger charge is 2.15. The molecule has 0 aliphatic rings. The predicted molar refractivity (Wildman–Crippen MR) is 146 cm³/mol. The summed E-state index contributed by atoms with van der Waals surface area (Å²) in [4.78, 5) is 33.8. The van der Waals surface area contributed by atoms with E-state index in [0.717, 1.165) is 22.2 Å². The van der Waals surface area contributed by atoms with E-state index in [0.29, 0.717) is 29.5 Å². The number of rotatable bonds is 8. The minimum atomic E-state index is -0.327. The largest absolute Gasteiger partial charge is 0.484 e. The van der Waals surface area contributed by atoms with Gasteiger partial charge in [0, 0.05) is 34.3 Å². The molecule has 4 rings (SSSR count). The van der Waals surface area contributed by atoms with Crippen LogP contribution < -0.4 is 20.7 Å². The first-order valence-electron chi connectivity index (χ1n) is 12.2. The lowest BCUT2D eigenvalue weighted by Gasteiger charge is -2.20. The summed E-state index contributed by atoms with van der Waals surface area (Å²) in [6.07, 6.45) is 0. The number of carbonyl (C=O) groups excluding carboxylic acids is 2. The van der Waals surface area contributed by atoms with Crippen LogP contribution >= 0.6 is 0 Å². The van der Waals surface area contributed by atoms with E-state index in [9.17, 15) is 9.59 Å². The number of hydrogen-bond donors (Lipinski definition) is 3. The molecule has 0 aliphatic carbocycles. The van der Waals surface area contributed by atoms with Crippen LogP contribution in [0.5, 0.6) is 5.75 Å². The first-order chi connectivity index (χ1) is 17.7. The second-order valence-corrected chi connectivity index (χ2v) is 9.59. The number of fused-ring (bicyclic) bond motifs is 1. The number of para-hydroxylation sites is 1. The van der Waals surface area contributed by atoms with E-state index in [-0.39, 0.29) is 24.0 Å². The Morgan fingerprint density at radius 3 is 2.41 bits per heavy atom. The summed E-state index contributed by atoms with van der Waals surface area (Å²) >= 11 is 0. The molecule has 37 heavy (non-hydrogen) atoms. The molecule has 0 spiro atoms. The topological polar surface area (TPSA) is 105 Å². The van der Waals surface area contributed by atoms with Gasteiger partial charge in [0.25, 0.3) is 11.8 Å². The molecule has 8 nitrogen and oxygen atoms in total. The third-order valence-electron chi connectivity index (χ3n) is 5.33. The van der Waals surface area contributed by atoms with E-state index < -0.39 is 0 Å². The number of amides is 2. The van der Waals surface area contributed by atoms with Gasteiger partial charge < -0.3 is 20.7 Å². The Balaban J connectivity index is 1.59. The average molecular weight is 498 g/mol. The number of benzene rings is 3. The molecule has 1 aromatic heterocycles. The van der Waals surface area contributed by atoms with Crippen molar-refractivity contribution in [1.82, 2.24) is 20.6 Å². The highest BCUT2D eigenvalue weighted by Crippen LogP contribution is 2.29. The monoisotopic (exact) mass is 497 g/mol. The van der Waals surface area contributed by atoms with Gasteiger partial charge in [0.1, 0.15) is 11.6 Å². The van der Waals surface area contributed by atoms with Crippen molar-refractivity contribution >= 4 is 34.2 Å². The normalized spacial score (nSPS) is 11.1. The van der Waals surface area contributed by atoms with Gasteiger partial charge in [0.15, 0.2) is 12.4 Å². The molecule has 3 N–H and O–H groups in total. The van der Waals surface area contributed by atoms with E-state index >= 15 is 0 Å². The van der Waals surface area contributed by atoms with E-state index in [1.165, 1.54) is 0 Å². The van der Waals surface area contributed by atoms with Crippen molar-refractivity contribution in [3.8, 4) is 17.1 Å². The van der Waals surface area contributed by atoms with Crippen LogP contribution in [0.3, 0.4) is 0 Å². The van der Waals surface area contributed by atoms with Gasteiger partial charge in [-0.2, -0.15) is 0 Å². The Kier molecular flexibility index (Phi) is 7.67. The van der Waals surface area contributed by atoms with Crippen LogP contribution in [0, 0.1) is 0 Å². The van der Waals surface area contributed by atoms with E-state index in [1.807, 2.05) is 82.3 Å². The molecule has 0 aliphatic heterocycles. The van der Waals surface area contributed by atoms with Gasteiger partial charge in [0.05, 0.1) is 5.52 Å². The number of hydrogen-bond acceptors (Lipinski definition) is 6. The molecule has 190 valence electrons. The molecule has 4 aromatic rings. The van der Waals surface area contributed by atoms with Gasteiger partial charge in [0.2, 0.25) is 0 Å². The van der Waals surface area contributed by atoms with Gasteiger partial charge in [-0.3, -0.25) is 9.59 Å². The molecule has 0 radical (unpaired) electrons. The van der Waals surface area contributed by atoms with Crippen molar-refractivity contribution in [3.05, 3.63) is 78.4 Å². The molecule has 0 bridgehead atoms. The van der Waals surface area contributed by atoms with Crippen molar-refractivity contribution in [1.29, 1.82) is 0 Å². The van der Waals surface area contributed by atoms with E-state index in [1.54, 1.807) is 18.2 Å². The number of nitrogens with one attached hydrogen (secondary N) is 3. The zero-order valence-corrected chi connectivity index (χ0v) is 21.5. The van der Waals surface area contributed by atoms with Gasteiger partial charge >= 0.3 is 0 Å². The standard InChI is InChI=1S/C29H31N5O3/c1-5-30-28(36)19-13-15-21(16-14-19)31-27-23-11-6-7-12-24(23)32-26(33-27)20-9-8-10-22(17-20)37-18-25(35)34-29(2,3)4/h6-17H,5,18H2,1-4H3,(H,30,36)(H,34,35)(H,31,32,33). The molecule has 8 heteroatoms. The lowest BCUT2D eigenvalue weighted by atomic mass is 10.1. The Labute approximate surface area is 216 Å². The fraction of sp³-hybridized carbons (Fsp3) is 0.241. The summed E-state index contributed by atoms with van der Waals surface area (Å²) in [7, 11) is 0. The van der Waals surface area contributed by atoms with Crippen LogP contribution in [0.1, 0.15) is 38.1 Å². The Morgan fingerprint density at radius 2 is 1.68 bits per heavy atom. The molecular weight excluding hydrogens is 466 g/mol. The minimum absolute atomic E-state index is 0.0849. The third-order valence-corrected chi connectivity index (χ3v) is 5.33. The lowest BCUT2D eigenvalue weighted by molar-refractivity contribution is -0.124. The van der Waals surface area contributed by atoms with Crippen molar-refractivity contribution in [2.45, 2.75) is 33.2 Å². The highest BCUT2D eigenvalue weighted by molar-refractivity contribution is 5.95. The molecule has 1 heterocycles.